The first kappa shape index (κ1) is 21.2. The summed E-state index contributed by atoms with van der Waals surface area (Å²) in [6, 6.07) is 13.3. The number of carbonyl (C=O) groups is 1. The van der Waals surface area contributed by atoms with Gasteiger partial charge in [-0.05, 0) is 49.1 Å². The Labute approximate surface area is 175 Å². The first-order chi connectivity index (χ1) is 13.8. The third kappa shape index (κ3) is 5.72. The minimum Gasteiger partial charge on any atom is -0.349 e. The Morgan fingerprint density at radius 3 is 2.52 bits per heavy atom. The maximum Gasteiger partial charge on any atom is 0.241 e. The molecule has 2 N–H and O–H groups in total. The molecule has 0 spiro atoms. The highest BCUT2D eigenvalue weighted by atomic mass is 32.2. The molecule has 29 heavy (non-hydrogen) atoms. The van der Waals surface area contributed by atoms with Gasteiger partial charge >= 0.3 is 0 Å². The Balaban J connectivity index is 1.81. The van der Waals surface area contributed by atoms with Crippen LogP contribution in [-0.4, -0.2) is 25.4 Å². The van der Waals surface area contributed by atoms with Crippen molar-refractivity contribution in [2.24, 2.45) is 0 Å². The Hall–Kier alpha value is -2.55. The number of carbonyl (C=O) groups excluding carboxylic acids is 1. The first-order valence-electron chi connectivity index (χ1n) is 9.13. The van der Waals surface area contributed by atoms with Gasteiger partial charge in [-0.15, -0.1) is 11.3 Å². The molecule has 0 radical (unpaired) electrons. The van der Waals surface area contributed by atoms with Gasteiger partial charge in [0.15, 0.2) is 0 Å². The Morgan fingerprint density at radius 1 is 1.10 bits per heavy atom. The number of rotatable bonds is 8. The highest BCUT2D eigenvalue weighted by Crippen LogP contribution is 2.16. The van der Waals surface area contributed by atoms with Crippen molar-refractivity contribution in [1.29, 1.82) is 0 Å². The van der Waals surface area contributed by atoms with Crippen LogP contribution in [-0.2, 0) is 27.8 Å². The minimum absolute atomic E-state index is 0.144. The van der Waals surface area contributed by atoms with E-state index in [9.17, 15) is 13.2 Å². The van der Waals surface area contributed by atoms with E-state index < -0.39 is 22.0 Å². The van der Waals surface area contributed by atoms with Gasteiger partial charge in [0.25, 0.3) is 0 Å². The molecular weight excluding hydrogens is 406 g/mol. The Bertz CT molecular complexity index is 1070. The van der Waals surface area contributed by atoms with Gasteiger partial charge in [-0.2, -0.15) is 4.72 Å². The summed E-state index contributed by atoms with van der Waals surface area (Å²) in [5.41, 5.74) is 5.17. The Morgan fingerprint density at radius 2 is 1.86 bits per heavy atom. The van der Waals surface area contributed by atoms with Crippen molar-refractivity contribution in [2.75, 3.05) is 0 Å². The standard InChI is InChI=1S/C21H23N3O3S2/c1-15-8-9-19(10-16(15)2)29(26,27)24-20(11-17-6-4-3-5-7-17)21(25)22-12-18-13-28-14-23-18/h3-10,13-14,20,24H,11-12H2,1-2H3,(H,22,25)/t20-/m1/s1. The number of hydrogen-bond donors (Lipinski definition) is 2. The fourth-order valence-corrected chi connectivity index (χ4v) is 4.64. The maximum atomic E-state index is 12.9. The topological polar surface area (TPSA) is 88.2 Å². The van der Waals surface area contributed by atoms with Gasteiger partial charge in [-0.25, -0.2) is 13.4 Å². The smallest absolute Gasteiger partial charge is 0.241 e. The second-order valence-electron chi connectivity index (χ2n) is 6.81. The second-order valence-corrected chi connectivity index (χ2v) is 9.24. The third-order valence-electron chi connectivity index (χ3n) is 4.61. The fraction of sp³-hybridized carbons (Fsp3) is 0.238. The van der Waals surface area contributed by atoms with Crippen LogP contribution in [0.1, 0.15) is 22.4 Å². The number of sulfonamides is 1. The van der Waals surface area contributed by atoms with Crippen molar-refractivity contribution >= 4 is 27.3 Å². The molecule has 3 rings (SSSR count). The molecule has 152 valence electrons. The number of aryl methyl sites for hydroxylation is 2. The van der Waals surface area contributed by atoms with Crippen molar-refractivity contribution in [1.82, 2.24) is 15.0 Å². The van der Waals surface area contributed by atoms with E-state index in [-0.39, 0.29) is 17.9 Å². The van der Waals surface area contributed by atoms with E-state index in [4.69, 9.17) is 0 Å². The molecule has 0 saturated carbocycles. The van der Waals surface area contributed by atoms with Crippen molar-refractivity contribution in [3.63, 3.8) is 0 Å². The molecule has 0 fully saturated rings. The van der Waals surface area contributed by atoms with E-state index in [0.29, 0.717) is 0 Å². The third-order valence-corrected chi connectivity index (χ3v) is 6.72. The Kier molecular flexibility index (Phi) is 6.79. The van der Waals surface area contributed by atoms with Crippen LogP contribution in [0, 0.1) is 13.8 Å². The molecule has 0 aliphatic rings. The zero-order valence-electron chi connectivity index (χ0n) is 16.3. The quantitative estimate of drug-likeness (QED) is 0.576. The van der Waals surface area contributed by atoms with Gasteiger partial charge in [-0.3, -0.25) is 4.79 Å². The molecule has 1 amide bonds. The number of nitrogens with zero attached hydrogens (tertiary/aromatic N) is 1. The molecule has 1 aromatic heterocycles. The number of hydrogen-bond acceptors (Lipinski definition) is 5. The largest absolute Gasteiger partial charge is 0.349 e. The van der Waals surface area contributed by atoms with Crippen molar-refractivity contribution in [3.05, 3.63) is 81.8 Å². The lowest BCUT2D eigenvalue weighted by Gasteiger charge is -2.19. The lowest BCUT2D eigenvalue weighted by atomic mass is 10.1. The van der Waals surface area contributed by atoms with Crippen molar-refractivity contribution in [2.45, 2.75) is 37.8 Å². The predicted octanol–water partition coefficient (Wildman–Crippen LogP) is 2.97. The van der Waals surface area contributed by atoms with Gasteiger partial charge < -0.3 is 5.32 Å². The molecule has 0 saturated heterocycles. The maximum absolute atomic E-state index is 12.9. The van der Waals surface area contributed by atoms with Crippen LogP contribution >= 0.6 is 11.3 Å². The van der Waals surface area contributed by atoms with Gasteiger partial charge in [0, 0.05) is 5.38 Å². The van der Waals surface area contributed by atoms with E-state index in [1.54, 1.807) is 23.7 Å². The number of benzene rings is 2. The van der Waals surface area contributed by atoms with E-state index in [2.05, 4.69) is 15.0 Å². The average Bonchev–Trinajstić information content (AvgIpc) is 3.22. The van der Waals surface area contributed by atoms with Gasteiger partial charge in [0.2, 0.25) is 15.9 Å². The molecule has 0 aliphatic heterocycles. The molecule has 1 heterocycles. The van der Waals surface area contributed by atoms with Crippen LogP contribution < -0.4 is 10.0 Å². The zero-order valence-corrected chi connectivity index (χ0v) is 17.9. The summed E-state index contributed by atoms with van der Waals surface area (Å²) in [6.07, 6.45) is 0.244. The molecule has 0 bridgehead atoms. The summed E-state index contributed by atoms with van der Waals surface area (Å²) in [6.45, 7) is 4.03. The highest BCUT2D eigenvalue weighted by Gasteiger charge is 2.26. The van der Waals surface area contributed by atoms with Crippen LogP contribution in [0.25, 0.3) is 0 Å². The van der Waals surface area contributed by atoms with E-state index in [0.717, 1.165) is 22.4 Å². The van der Waals surface area contributed by atoms with Crippen LogP contribution in [0.2, 0.25) is 0 Å². The van der Waals surface area contributed by atoms with E-state index >= 15 is 0 Å². The van der Waals surface area contributed by atoms with Crippen molar-refractivity contribution in [3.8, 4) is 0 Å². The number of aromatic nitrogens is 1. The highest BCUT2D eigenvalue weighted by molar-refractivity contribution is 7.89. The molecular formula is C21H23N3O3S2. The van der Waals surface area contributed by atoms with Crippen molar-refractivity contribution < 1.29 is 13.2 Å². The predicted molar refractivity (Wildman–Crippen MR) is 114 cm³/mol. The normalized spacial score (nSPS) is 12.5. The van der Waals surface area contributed by atoms with E-state index in [1.807, 2.05) is 49.6 Å². The number of amides is 1. The number of thiazole rings is 1. The summed E-state index contributed by atoms with van der Waals surface area (Å²) >= 11 is 1.44. The summed E-state index contributed by atoms with van der Waals surface area (Å²) < 4.78 is 28.4. The zero-order chi connectivity index (χ0) is 20.9. The molecule has 3 aromatic rings. The first-order valence-corrected chi connectivity index (χ1v) is 11.6. The summed E-state index contributed by atoms with van der Waals surface area (Å²) in [7, 11) is -3.86. The fourth-order valence-electron chi connectivity index (χ4n) is 2.80. The van der Waals surface area contributed by atoms with Crippen LogP contribution in [0.3, 0.4) is 0 Å². The SMILES string of the molecule is Cc1ccc(S(=O)(=O)N[C@H](Cc2ccccc2)C(=O)NCc2cscn2)cc1C. The summed E-state index contributed by atoms with van der Waals surface area (Å²) in [4.78, 5) is 17.1. The summed E-state index contributed by atoms with van der Waals surface area (Å²) in [5, 5.41) is 4.62. The minimum atomic E-state index is -3.86. The molecule has 8 heteroatoms. The monoisotopic (exact) mass is 429 g/mol. The lowest BCUT2D eigenvalue weighted by Crippen LogP contribution is -2.47. The molecule has 6 nitrogen and oxygen atoms in total. The van der Waals surface area contributed by atoms with Gasteiger partial charge in [0.1, 0.15) is 6.04 Å². The average molecular weight is 430 g/mol. The van der Waals surface area contributed by atoms with Gasteiger partial charge in [-0.1, -0.05) is 36.4 Å². The van der Waals surface area contributed by atoms with Gasteiger partial charge in [0.05, 0.1) is 22.6 Å². The van der Waals surface area contributed by atoms with Crippen LogP contribution in [0.4, 0.5) is 0 Å². The lowest BCUT2D eigenvalue weighted by molar-refractivity contribution is -0.122. The van der Waals surface area contributed by atoms with Crippen LogP contribution in [0.15, 0.2) is 64.3 Å². The second kappa shape index (κ2) is 9.30. The molecule has 0 unspecified atom stereocenters. The van der Waals surface area contributed by atoms with E-state index in [1.165, 1.54) is 11.3 Å². The van der Waals surface area contributed by atoms with Crippen LogP contribution in [0.5, 0.6) is 0 Å². The molecule has 0 aliphatic carbocycles. The number of nitrogens with one attached hydrogen (secondary N) is 2. The molecule has 1 atom stereocenters. The summed E-state index contributed by atoms with van der Waals surface area (Å²) in [5.74, 6) is -0.394. The molecule has 2 aromatic carbocycles.